The first-order valence-electron chi connectivity index (χ1n) is 6.94. The fourth-order valence-electron chi connectivity index (χ4n) is 2.55. The van der Waals surface area contributed by atoms with E-state index in [0.29, 0.717) is 13.0 Å². The molecule has 1 aliphatic rings. The summed E-state index contributed by atoms with van der Waals surface area (Å²) in [5.74, 6) is -0.323. The number of carbonyl (C=O) groups excluding carboxylic acids is 2. The highest BCUT2D eigenvalue weighted by Crippen LogP contribution is 2.50. The van der Waals surface area contributed by atoms with E-state index in [-0.39, 0.29) is 36.9 Å². The molecular formula is C14H28ClN3O3. The number of hydrogen-bond acceptors (Lipinski definition) is 4. The summed E-state index contributed by atoms with van der Waals surface area (Å²) in [6, 6.07) is 0. The van der Waals surface area contributed by atoms with Crippen LogP contribution in [0.3, 0.4) is 0 Å². The Morgan fingerprint density at radius 2 is 1.81 bits per heavy atom. The molecule has 0 spiro atoms. The third-order valence-electron chi connectivity index (χ3n) is 4.43. The van der Waals surface area contributed by atoms with Gasteiger partial charge in [0.15, 0.2) is 0 Å². The Bertz CT molecular complexity index is 401. The summed E-state index contributed by atoms with van der Waals surface area (Å²) in [6.45, 7) is 6.45. The maximum Gasteiger partial charge on any atom is 0.243 e. The molecule has 6 nitrogen and oxygen atoms in total. The minimum atomic E-state index is -0.964. The van der Waals surface area contributed by atoms with Crippen molar-refractivity contribution in [3.63, 3.8) is 0 Å². The topological polar surface area (TPSA) is 75.9 Å². The number of amides is 2. The zero-order chi connectivity index (χ0) is 15.7. The molecule has 124 valence electrons. The normalized spacial score (nSPS) is 26.3. The average molecular weight is 322 g/mol. The van der Waals surface area contributed by atoms with Crippen molar-refractivity contribution in [3.8, 4) is 0 Å². The fourth-order valence-corrected chi connectivity index (χ4v) is 2.55. The highest BCUT2D eigenvalue weighted by molar-refractivity contribution is 5.91. The van der Waals surface area contributed by atoms with Gasteiger partial charge in [-0.25, -0.2) is 0 Å². The maximum atomic E-state index is 12.5. The summed E-state index contributed by atoms with van der Waals surface area (Å²) in [4.78, 5) is 27.1. The smallest absolute Gasteiger partial charge is 0.243 e. The van der Waals surface area contributed by atoms with Crippen LogP contribution < -0.4 is 5.73 Å². The molecule has 0 radical (unpaired) electrons. The number of likely N-dealkylation sites (N-methyl/N-ethyl adjacent to an activating group) is 2. The molecule has 2 atom stereocenters. The molecule has 2 unspecified atom stereocenters. The second-order valence-corrected chi connectivity index (χ2v) is 6.29. The minimum Gasteiger partial charge on any atom is -0.378 e. The third kappa shape index (κ3) is 3.49. The molecule has 0 heterocycles. The number of nitrogens with two attached hydrogens (primary N) is 1. The second kappa shape index (κ2) is 6.94. The van der Waals surface area contributed by atoms with Crippen molar-refractivity contribution in [2.75, 3.05) is 34.3 Å². The molecule has 21 heavy (non-hydrogen) atoms. The highest BCUT2D eigenvalue weighted by Gasteiger charge is 2.63. The van der Waals surface area contributed by atoms with Gasteiger partial charge in [0.1, 0.15) is 5.54 Å². The van der Waals surface area contributed by atoms with E-state index in [9.17, 15) is 9.59 Å². The molecule has 0 aromatic rings. The lowest BCUT2D eigenvalue weighted by Gasteiger charge is -2.58. The van der Waals surface area contributed by atoms with Gasteiger partial charge in [-0.1, -0.05) is 13.8 Å². The summed E-state index contributed by atoms with van der Waals surface area (Å²) in [5, 5.41) is 0. The molecule has 1 aliphatic carbocycles. The number of nitrogens with zero attached hydrogens (tertiary/aromatic N) is 2. The van der Waals surface area contributed by atoms with Gasteiger partial charge in [-0.2, -0.15) is 0 Å². The minimum absolute atomic E-state index is 0. The number of rotatable bonds is 5. The van der Waals surface area contributed by atoms with Crippen molar-refractivity contribution in [2.45, 2.75) is 38.8 Å². The Hall–Kier alpha value is -0.850. The van der Waals surface area contributed by atoms with Gasteiger partial charge >= 0.3 is 0 Å². The van der Waals surface area contributed by atoms with Crippen LogP contribution in [0.25, 0.3) is 0 Å². The monoisotopic (exact) mass is 321 g/mol. The summed E-state index contributed by atoms with van der Waals surface area (Å²) >= 11 is 0. The summed E-state index contributed by atoms with van der Waals surface area (Å²) in [5.41, 5.74) is 4.90. The van der Waals surface area contributed by atoms with Crippen molar-refractivity contribution in [1.29, 1.82) is 0 Å². The van der Waals surface area contributed by atoms with E-state index in [4.69, 9.17) is 10.5 Å². The van der Waals surface area contributed by atoms with Crippen molar-refractivity contribution in [3.05, 3.63) is 0 Å². The Morgan fingerprint density at radius 3 is 2.19 bits per heavy atom. The molecule has 0 aromatic carbocycles. The zero-order valence-electron chi connectivity index (χ0n) is 13.8. The van der Waals surface area contributed by atoms with Gasteiger partial charge in [0.2, 0.25) is 11.8 Å². The predicted molar refractivity (Wildman–Crippen MR) is 84.3 cm³/mol. The second-order valence-electron chi connectivity index (χ2n) is 6.29. The first kappa shape index (κ1) is 20.1. The molecule has 1 fully saturated rings. The fraction of sp³-hybridized carbons (Fsp3) is 0.857. The predicted octanol–water partition coefficient (Wildman–Crippen LogP) is 0.487. The van der Waals surface area contributed by atoms with Gasteiger partial charge < -0.3 is 20.3 Å². The van der Waals surface area contributed by atoms with E-state index in [0.717, 1.165) is 0 Å². The van der Waals surface area contributed by atoms with Gasteiger partial charge in [-0.3, -0.25) is 9.59 Å². The number of halogens is 1. The van der Waals surface area contributed by atoms with Gasteiger partial charge in [-0.15, -0.1) is 12.4 Å². The van der Waals surface area contributed by atoms with Gasteiger partial charge in [0, 0.05) is 39.6 Å². The van der Waals surface area contributed by atoms with Crippen LogP contribution in [0.2, 0.25) is 0 Å². The maximum absolute atomic E-state index is 12.5. The lowest BCUT2D eigenvalue weighted by atomic mass is 9.54. The number of carbonyl (C=O) groups is 2. The number of ether oxygens (including phenoxy) is 1. The Labute approximate surface area is 133 Å². The van der Waals surface area contributed by atoms with Crippen LogP contribution in [0.1, 0.15) is 27.2 Å². The van der Waals surface area contributed by atoms with Gasteiger partial charge in [0.25, 0.3) is 0 Å². The first-order chi connectivity index (χ1) is 9.07. The van der Waals surface area contributed by atoms with Crippen LogP contribution >= 0.6 is 12.4 Å². The van der Waals surface area contributed by atoms with Crippen LogP contribution in [0.15, 0.2) is 0 Å². The van der Waals surface area contributed by atoms with Crippen molar-refractivity contribution < 1.29 is 14.3 Å². The highest BCUT2D eigenvalue weighted by atomic mass is 35.5. The van der Waals surface area contributed by atoms with Crippen LogP contribution in [-0.4, -0.2) is 67.6 Å². The molecule has 0 bridgehead atoms. The standard InChI is InChI=1S/C14H27N3O3.ClH/c1-7-20-10-8-14(15,13(10,2)3)12(19)17(6)9-11(18)16(4)5;/h10H,7-9,15H2,1-6H3;1H. The van der Waals surface area contributed by atoms with E-state index in [2.05, 4.69) is 0 Å². The summed E-state index contributed by atoms with van der Waals surface area (Å²) < 4.78 is 5.61. The van der Waals surface area contributed by atoms with Crippen molar-refractivity contribution in [1.82, 2.24) is 9.80 Å². The van der Waals surface area contributed by atoms with Crippen LogP contribution in [0, 0.1) is 5.41 Å². The quantitative estimate of drug-likeness (QED) is 0.799. The SMILES string of the molecule is CCOC1CC(N)(C(=O)N(C)CC(=O)N(C)C)C1(C)C.Cl. The molecule has 0 aromatic heterocycles. The van der Waals surface area contributed by atoms with Crippen LogP contribution in [0.5, 0.6) is 0 Å². The largest absolute Gasteiger partial charge is 0.378 e. The van der Waals surface area contributed by atoms with Crippen molar-refractivity contribution >= 4 is 24.2 Å². The lowest BCUT2D eigenvalue weighted by molar-refractivity contribution is -0.179. The van der Waals surface area contributed by atoms with E-state index >= 15 is 0 Å². The first-order valence-corrected chi connectivity index (χ1v) is 6.94. The molecule has 2 N–H and O–H groups in total. The van der Waals surface area contributed by atoms with Crippen LogP contribution in [-0.2, 0) is 14.3 Å². The molecule has 1 saturated carbocycles. The van der Waals surface area contributed by atoms with E-state index in [1.54, 1.807) is 21.1 Å². The van der Waals surface area contributed by atoms with Gasteiger partial charge in [-0.05, 0) is 6.92 Å². The van der Waals surface area contributed by atoms with Gasteiger partial charge in [0.05, 0.1) is 12.6 Å². The van der Waals surface area contributed by atoms with Crippen molar-refractivity contribution in [2.24, 2.45) is 11.1 Å². The summed E-state index contributed by atoms with van der Waals surface area (Å²) in [7, 11) is 4.94. The molecule has 1 rings (SSSR count). The number of hydrogen-bond donors (Lipinski definition) is 1. The lowest BCUT2D eigenvalue weighted by Crippen LogP contribution is -2.76. The Morgan fingerprint density at radius 1 is 1.29 bits per heavy atom. The molecule has 7 heteroatoms. The Kier molecular flexibility index (Phi) is 6.66. The molecule has 2 amide bonds. The molecule has 0 aliphatic heterocycles. The summed E-state index contributed by atoms with van der Waals surface area (Å²) in [6.07, 6.45) is 0.479. The molecular weight excluding hydrogens is 294 g/mol. The van der Waals surface area contributed by atoms with E-state index in [1.165, 1.54) is 9.80 Å². The van der Waals surface area contributed by atoms with E-state index < -0.39 is 11.0 Å². The Balaban J connectivity index is 0.00000400. The van der Waals surface area contributed by atoms with Crippen LogP contribution in [0.4, 0.5) is 0 Å². The average Bonchev–Trinajstić information content (AvgIpc) is 2.36. The zero-order valence-corrected chi connectivity index (χ0v) is 14.6. The molecule has 0 saturated heterocycles. The van der Waals surface area contributed by atoms with E-state index in [1.807, 2.05) is 20.8 Å². The third-order valence-corrected chi connectivity index (χ3v) is 4.43.